The Hall–Kier alpha value is -3.91. The molecule has 2 aromatic heterocycles. The van der Waals surface area contributed by atoms with Crippen LogP contribution in [0.1, 0.15) is 11.5 Å². The summed E-state index contributed by atoms with van der Waals surface area (Å²) in [5, 5.41) is 5.17. The lowest BCUT2D eigenvalue weighted by Gasteiger charge is -2.13. The lowest BCUT2D eigenvalue weighted by molar-refractivity contribution is 0.391. The first-order valence-corrected chi connectivity index (χ1v) is 11.3. The monoisotopic (exact) mass is 456 g/mol. The lowest BCUT2D eigenvalue weighted by Crippen LogP contribution is -2.21. The summed E-state index contributed by atoms with van der Waals surface area (Å²) in [6, 6.07) is 22.6. The number of aromatic nitrogens is 4. The molecule has 0 N–H and O–H groups in total. The number of fused-ring (bicyclic) bond motifs is 1. The van der Waals surface area contributed by atoms with Crippen LogP contribution in [0.4, 0.5) is 0 Å². The van der Waals surface area contributed by atoms with Gasteiger partial charge in [-0.25, -0.2) is 4.98 Å². The van der Waals surface area contributed by atoms with E-state index in [1.807, 2.05) is 73.7 Å². The van der Waals surface area contributed by atoms with Gasteiger partial charge in [-0.05, 0) is 31.2 Å². The van der Waals surface area contributed by atoms with Crippen LogP contribution in [0.5, 0.6) is 5.75 Å². The molecule has 0 saturated carbocycles. The van der Waals surface area contributed by atoms with E-state index in [2.05, 4.69) is 10.1 Å². The van der Waals surface area contributed by atoms with Crippen molar-refractivity contribution in [2.24, 2.45) is 0 Å². The summed E-state index contributed by atoms with van der Waals surface area (Å²) in [5.74, 6) is 2.01. The molecule has 0 bridgehead atoms. The molecule has 5 rings (SSSR count). The zero-order valence-electron chi connectivity index (χ0n) is 18.1. The van der Waals surface area contributed by atoms with E-state index in [4.69, 9.17) is 14.2 Å². The fourth-order valence-electron chi connectivity index (χ4n) is 3.45. The number of thioether (sulfide) groups is 1. The second-order valence-electron chi connectivity index (χ2n) is 7.42. The van der Waals surface area contributed by atoms with Gasteiger partial charge in [0.05, 0.1) is 29.5 Å². The summed E-state index contributed by atoms with van der Waals surface area (Å²) < 4.78 is 12.4. The van der Waals surface area contributed by atoms with Crippen molar-refractivity contribution < 1.29 is 9.26 Å². The standard InChI is InChI=1S/C25H20N4O3S/c1-16-10-12-17(13-11-16)23-27-22(32-28-23)15-33-25-26-21-9-4-3-8-20(21)24(30)29(25)18-6-5-7-19(14-18)31-2/h3-14H,15H2,1-2H3. The number of hydrogen-bond acceptors (Lipinski definition) is 7. The van der Waals surface area contributed by atoms with Crippen LogP contribution >= 0.6 is 11.8 Å². The fourth-order valence-corrected chi connectivity index (χ4v) is 4.30. The molecule has 0 radical (unpaired) electrons. The van der Waals surface area contributed by atoms with Crippen LogP contribution in [0.25, 0.3) is 28.0 Å². The molecule has 0 fully saturated rings. The molecule has 0 aliphatic rings. The molecule has 0 saturated heterocycles. The normalized spacial score (nSPS) is 11.1. The van der Waals surface area contributed by atoms with Gasteiger partial charge in [-0.3, -0.25) is 9.36 Å². The first-order chi connectivity index (χ1) is 16.1. The maximum Gasteiger partial charge on any atom is 0.266 e. The molecular weight excluding hydrogens is 436 g/mol. The van der Waals surface area contributed by atoms with Crippen LogP contribution in [-0.4, -0.2) is 26.8 Å². The number of nitrogens with zero attached hydrogens (tertiary/aromatic N) is 4. The second-order valence-corrected chi connectivity index (χ2v) is 8.36. The van der Waals surface area contributed by atoms with E-state index in [0.717, 1.165) is 11.1 Å². The van der Waals surface area contributed by atoms with E-state index >= 15 is 0 Å². The summed E-state index contributed by atoms with van der Waals surface area (Å²) in [4.78, 5) is 22.7. The Morgan fingerprint density at radius 3 is 2.64 bits per heavy atom. The van der Waals surface area contributed by atoms with Crippen molar-refractivity contribution >= 4 is 22.7 Å². The number of methoxy groups -OCH3 is 1. The van der Waals surface area contributed by atoms with E-state index < -0.39 is 0 Å². The van der Waals surface area contributed by atoms with Crippen LogP contribution in [0.15, 0.2) is 87.3 Å². The first kappa shape index (κ1) is 21.0. The van der Waals surface area contributed by atoms with Crippen LogP contribution in [0, 0.1) is 6.92 Å². The van der Waals surface area contributed by atoms with Gasteiger partial charge in [0.1, 0.15) is 5.75 Å². The van der Waals surface area contributed by atoms with Gasteiger partial charge < -0.3 is 9.26 Å². The Balaban J connectivity index is 1.51. The molecule has 0 atom stereocenters. The number of para-hydroxylation sites is 1. The molecule has 0 unspecified atom stereocenters. The highest BCUT2D eigenvalue weighted by Crippen LogP contribution is 2.26. The average molecular weight is 457 g/mol. The maximum absolute atomic E-state index is 13.4. The Bertz CT molecular complexity index is 1490. The Labute approximate surface area is 194 Å². The van der Waals surface area contributed by atoms with E-state index in [9.17, 15) is 4.79 Å². The summed E-state index contributed by atoms with van der Waals surface area (Å²) in [6.07, 6.45) is 0. The predicted molar refractivity (Wildman–Crippen MR) is 128 cm³/mol. The van der Waals surface area contributed by atoms with Gasteiger partial charge >= 0.3 is 0 Å². The van der Waals surface area contributed by atoms with Gasteiger partial charge in [0.25, 0.3) is 5.56 Å². The third kappa shape index (κ3) is 4.25. The van der Waals surface area contributed by atoms with Crippen molar-refractivity contribution in [3.63, 3.8) is 0 Å². The molecule has 3 aromatic carbocycles. The molecule has 0 spiro atoms. The third-order valence-corrected chi connectivity index (χ3v) is 6.08. The van der Waals surface area contributed by atoms with Crippen molar-refractivity contribution in [1.82, 2.24) is 19.7 Å². The average Bonchev–Trinajstić information content (AvgIpc) is 3.32. The van der Waals surface area contributed by atoms with Crippen molar-refractivity contribution in [3.8, 4) is 22.8 Å². The van der Waals surface area contributed by atoms with Crippen LogP contribution in [0.2, 0.25) is 0 Å². The zero-order valence-corrected chi connectivity index (χ0v) is 18.9. The van der Waals surface area contributed by atoms with Crippen molar-refractivity contribution in [3.05, 3.63) is 94.6 Å². The van der Waals surface area contributed by atoms with E-state index in [1.165, 1.54) is 11.8 Å². The Kier molecular flexibility index (Phi) is 5.66. The number of rotatable bonds is 6. The molecule has 8 heteroatoms. The summed E-state index contributed by atoms with van der Waals surface area (Å²) in [5.41, 5.74) is 3.21. The molecule has 7 nitrogen and oxygen atoms in total. The minimum Gasteiger partial charge on any atom is -0.497 e. The van der Waals surface area contributed by atoms with Crippen LogP contribution in [0.3, 0.4) is 0 Å². The second kappa shape index (κ2) is 8.91. The molecule has 5 aromatic rings. The SMILES string of the molecule is COc1cccc(-n2c(SCc3nc(-c4ccc(C)cc4)no3)nc3ccccc3c2=O)c1. The number of hydrogen-bond donors (Lipinski definition) is 0. The highest BCUT2D eigenvalue weighted by Gasteiger charge is 2.16. The Morgan fingerprint density at radius 2 is 1.82 bits per heavy atom. The smallest absolute Gasteiger partial charge is 0.266 e. The van der Waals surface area contributed by atoms with Crippen LogP contribution < -0.4 is 10.3 Å². The highest BCUT2D eigenvalue weighted by molar-refractivity contribution is 7.98. The minimum atomic E-state index is -0.151. The Morgan fingerprint density at radius 1 is 1.00 bits per heavy atom. The van der Waals surface area contributed by atoms with Gasteiger partial charge in [0, 0.05) is 11.6 Å². The molecule has 33 heavy (non-hydrogen) atoms. The molecule has 164 valence electrons. The number of benzene rings is 3. The molecule has 2 heterocycles. The highest BCUT2D eigenvalue weighted by atomic mass is 32.2. The van der Waals surface area contributed by atoms with E-state index in [-0.39, 0.29) is 5.56 Å². The summed E-state index contributed by atoms with van der Waals surface area (Å²) in [7, 11) is 1.59. The fraction of sp³-hybridized carbons (Fsp3) is 0.120. The van der Waals surface area contributed by atoms with Gasteiger partial charge in [-0.1, -0.05) is 64.9 Å². The molecule has 0 amide bonds. The largest absolute Gasteiger partial charge is 0.497 e. The molecule has 0 aliphatic carbocycles. The quantitative estimate of drug-likeness (QED) is 0.261. The van der Waals surface area contributed by atoms with Gasteiger partial charge in [0.2, 0.25) is 11.7 Å². The summed E-state index contributed by atoms with van der Waals surface area (Å²) >= 11 is 1.36. The molecular formula is C25H20N4O3S. The van der Waals surface area contributed by atoms with Crippen LogP contribution in [-0.2, 0) is 5.75 Å². The third-order valence-electron chi connectivity index (χ3n) is 5.16. The minimum absolute atomic E-state index is 0.151. The molecule has 0 aliphatic heterocycles. The van der Waals surface area contributed by atoms with Crippen molar-refractivity contribution in [1.29, 1.82) is 0 Å². The van der Waals surface area contributed by atoms with Crippen molar-refractivity contribution in [2.75, 3.05) is 7.11 Å². The van der Waals surface area contributed by atoms with E-state index in [0.29, 0.717) is 45.0 Å². The van der Waals surface area contributed by atoms with Gasteiger partial charge in [-0.2, -0.15) is 4.98 Å². The van der Waals surface area contributed by atoms with Gasteiger partial charge in [0.15, 0.2) is 5.16 Å². The first-order valence-electron chi connectivity index (χ1n) is 10.3. The number of aryl methyl sites for hydroxylation is 1. The van der Waals surface area contributed by atoms with Crippen molar-refractivity contribution in [2.45, 2.75) is 17.8 Å². The zero-order chi connectivity index (χ0) is 22.8. The topological polar surface area (TPSA) is 83.0 Å². The summed E-state index contributed by atoms with van der Waals surface area (Å²) in [6.45, 7) is 2.03. The number of ether oxygens (including phenoxy) is 1. The van der Waals surface area contributed by atoms with E-state index in [1.54, 1.807) is 17.7 Å². The maximum atomic E-state index is 13.4. The lowest BCUT2D eigenvalue weighted by atomic mass is 10.1. The predicted octanol–water partition coefficient (Wildman–Crippen LogP) is 5.05. The van der Waals surface area contributed by atoms with Gasteiger partial charge in [-0.15, -0.1) is 0 Å².